The van der Waals surface area contributed by atoms with Gasteiger partial charge in [-0.1, -0.05) is 25.4 Å². The van der Waals surface area contributed by atoms with Crippen LogP contribution in [0.1, 0.15) is 20.3 Å². The monoisotopic (exact) mass is 273 g/mol. The zero-order valence-corrected chi connectivity index (χ0v) is 11.3. The minimum atomic E-state index is -0.561. The first kappa shape index (κ1) is 14.8. The second-order valence-corrected chi connectivity index (χ2v) is 4.80. The van der Waals surface area contributed by atoms with E-state index in [0.29, 0.717) is 12.5 Å². The molecule has 0 aliphatic rings. The molecule has 100 valence electrons. The van der Waals surface area contributed by atoms with Crippen molar-refractivity contribution < 1.29 is 13.9 Å². The molecule has 0 unspecified atom stereocenters. The van der Waals surface area contributed by atoms with Gasteiger partial charge in [0.15, 0.2) is 6.61 Å². The molecule has 1 aromatic carbocycles. The first-order chi connectivity index (χ1) is 8.49. The number of ether oxygens (including phenoxy) is 1. The van der Waals surface area contributed by atoms with Crippen molar-refractivity contribution in [3.63, 3.8) is 0 Å². The number of halogens is 2. The summed E-state index contributed by atoms with van der Waals surface area (Å²) in [6.45, 7) is 4.66. The largest absolute Gasteiger partial charge is 0.484 e. The molecule has 0 radical (unpaired) electrons. The molecule has 0 bridgehead atoms. The van der Waals surface area contributed by atoms with Crippen LogP contribution in [0.5, 0.6) is 5.75 Å². The van der Waals surface area contributed by atoms with E-state index in [1.165, 1.54) is 12.1 Å². The maximum absolute atomic E-state index is 13.1. The molecule has 0 saturated heterocycles. The lowest BCUT2D eigenvalue weighted by atomic mass is 10.1. The Labute approximate surface area is 111 Å². The van der Waals surface area contributed by atoms with E-state index in [0.717, 1.165) is 12.5 Å². The molecule has 1 N–H and O–H groups in total. The maximum Gasteiger partial charge on any atom is 0.257 e. The smallest absolute Gasteiger partial charge is 0.257 e. The van der Waals surface area contributed by atoms with Crippen molar-refractivity contribution in [2.45, 2.75) is 20.3 Å². The van der Waals surface area contributed by atoms with Crippen LogP contribution in [0.4, 0.5) is 4.39 Å². The number of hydrogen-bond acceptors (Lipinski definition) is 2. The highest BCUT2D eigenvalue weighted by molar-refractivity contribution is 6.30. The summed E-state index contributed by atoms with van der Waals surface area (Å²) in [5.41, 5.74) is 0. The molecule has 0 fully saturated rings. The molecule has 0 aromatic heterocycles. The SMILES string of the molecule is CC(C)CCNC(=O)COc1ccc(Cl)c(F)c1. The van der Waals surface area contributed by atoms with Gasteiger partial charge in [-0.05, 0) is 24.5 Å². The van der Waals surface area contributed by atoms with E-state index in [1.54, 1.807) is 0 Å². The minimum absolute atomic E-state index is 0.0312. The van der Waals surface area contributed by atoms with Crippen molar-refractivity contribution in [3.8, 4) is 5.75 Å². The van der Waals surface area contributed by atoms with E-state index in [9.17, 15) is 9.18 Å². The number of rotatable bonds is 6. The summed E-state index contributed by atoms with van der Waals surface area (Å²) < 4.78 is 18.2. The first-order valence-corrected chi connectivity index (χ1v) is 6.21. The van der Waals surface area contributed by atoms with Crippen LogP contribution in [-0.2, 0) is 4.79 Å². The Kier molecular flexibility index (Phi) is 5.92. The lowest BCUT2D eigenvalue weighted by molar-refractivity contribution is -0.123. The number of hydrogen-bond donors (Lipinski definition) is 1. The van der Waals surface area contributed by atoms with Crippen molar-refractivity contribution in [2.24, 2.45) is 5.92 Å². The van der Waals surface area contributed by atoms with Gasteiger partial charge in [-0.2, -0.15) is 0 Å². The van der Waals surface area contributed by atoms with Crippen LogP contribution in [0.25, 0.3) is 0 Å². The summed E-state index contributed by atoms with van der Waals surface area (Å²) in [4.78, 5) is 11.4. The summed E-state index contributed by atoms with van der Waals surface area (Å²) in [6.07, 6.45) is 0.918. The fourth-order valence-corrected chi connectivity index (χ4v) is 1.38. The lowest BCUT2D eigenvalue weighted by Gasteiger charge is -2.09. The van der Waals surface area contributed by atoms with Crippen LogP contribution < -0.4 is 10.1 Å². The molecule has 0 spiro atoms. The molecule has 3 nitrogen and oxygen atoms in total. The highest BCUT2D eigenvalue weighted by atomic mass is 35.5. The highest BCUT2D eigenvalue weighted by Gasteiger charge is 2.05. The number of benzene rings is 1. The molecule has 1 amide bonds. The molecular formula is C13H17ClFNO2. The fourth-order valence-electron chi connectivity index (χ4n) is 1.27. The second-order valence-electron chi connectivity index (χ2n) is 4.40. The van der Waals surface area contributed by atoms with E-state index >= 15 is 0 Å². The Morgan fingerprint density at radius 3 is 2.83 bits per heavy atom. The van der Waals surface area contributed by atoms with Crippen molar-refractivity contribution in [3.05, 3.63) is 29.0 Å². The molecule has 5 heteroatoms. The van der Waals surface area contributed by atoms with Gasteiger partial charge in [0.1, 0.15) is 11.6 Å². The Morgan fingerprint density at radius 2 is 2.22 bits per heavy atom. The van der Waals surface area contributed by atoms with Crippen LogP contribution in [-0.4, -0.2) is 19.1 Å². The number of carbonyl (C=O) groups excluding carboxylic acids is 1. The first-order valence-electron chi connectivity index (χ1n) is 5.83. The third-order valence-corrected chi connectivity index (χ3v) is 2.61. The second kappa shape index (κ2) is 7.21. The van der Waals surface area contributed by atoms with Crippen LogP contribution in [0, 0.1) is 11.7 Å². The average molecular weight is 274 g/mol. The van der Waals surface area contributed by atoms with Crippen LogP contribution in [0.15, 0.2) is 18.2 Å². The molecule has 0 heterocycles. The average Bonchev–Trinajstić information content (AvgIpc) is 2.30. The van der Waals surface area contributed by atoms with E-state index < -0.39 is 5.82 Å². The third kappa shape index (κ3) is 5.36. The van der Waals surface area contributed by atoms with E-state index in [1.807, 2.05) is 0 Å². The van der Waals surface area contributed by atoms with Gasteiger partial charge in [0.2, 0.25) is 0 Å². The summed E-state index contributed by atoms with van der Waals surface area (Å²) in [5.74, 6) is 0.0490. The molecule has 0 aliphatic carbocycles. The van der Waals surface area contributed by atoms with E-state index in [-0.39, 0.29) is 23.3 Å². The minimum Gasteiger partial charge on any atom is -0.484 e. The van der Waals surface area contributed by atoms with Gasteiger partial charge in [-0.15, -0.1) is 0 Å². The standard InChI is InChI=1S/C13H17ClFNO2/c1-9(2)5-6-16-13(17)8-18-10-3-4-11(14)12(15)7-10/h3-4,7,9H,5-6,8H2,1-2H3,(H,16,17). The predicted molar refractivity (Wildman–Crippen MR) is 69.4 cm³/mol. The van der Waals surface area contributed by atoms with Gasteiger partial charge < -0.3 is 10.1 Å². The normalized spacial score (nSPS) is 10.5. The summed E-state index contributed by atoms with van der Waals surface area (Å²) in [6, 6.07) is 4.07. The van der Waals surface area contributed by atoms with Crippen molar-refractivity contribution in [2.75, 3.05) is 13.2 Å². The molecular weight excluding hydrogens is 257 g/mol. The Balaban J connectivity index is 2.31. The van der Waals surface area contributed by atoms with Gasteiger partial charge in [-0.25, -0.2) is 4.39 Å². The Bertz CT molecular complexity index is 410. The predicted octanol–water partition coefficient (Wildman–Crippen LogP) is 3.02. The third-order valence-electron chi connectivity index (χ3n) is 2.30. The molecule has 0 saturated carbocycles. The van der Waals surface area contributed by atoms with Crippen LogP contribution >= 0.6 is 11.6 Å². The molecule has 0 atom stereocenters. The van der Waals surface area contributed by atoms with Crippen molar-refractivity contribution >= 4 is 17.5 Å². The zero-order valence-electron chi connectivity index (χ0n) is 10.5. The quantitative estimate of drug-likeness (QED) is 0.865. The van der Waals surface area contributed by atoms with Crippen molar-refractivity contribution in [1.82, 2.24) is 5.32 Å². The lowest BCUT2D eigenvalue weighted by Crippen LogP contribution is -2.30. The van der Waals surface area contributed by atoms with Gasteiger partial charge in [-0.3, -0.25) is 4.79 Å². The fraction of sp³-hybridized carbons (Fsp3) is 0.462. The summed E-state index contributed by atoms with van der Waals surface area (Å²) in [7, 11) is 0. The molecule has 0 aliphatic heterocycles. The van der Waals surface area contributed by atoms with Gasteiger partial charge in [0, 0.05) is 12.6 Å². The van der Waals surface area contributed by atoms with Crippen LogP contribution in [0.2, 0.25) is 5.02 Å². The van der Waals surface area contributed by atoms with E-state index in [2.05, 4.69) is 19.2 Å². The van der Waals surface area contributed by atoms with Gasteiger partial charge >= 0.3 is 0 Å². The van der Waals surface area contributed by atoms with Gasteiger partial charge in [0.25, 0.3) is 5.91 Å². The topological polar surface area (TPSA) is 38.3 Å². The Morgan fingerprint density at radius 1 is 1.50 bits per heavy atom. The molecule has 1 rings (SSSR count). The molecule has 18 heavy (non-hydrogen) atoms. The van der Waals surface area contributed by atoms with Crippen LogP contribution in [0.3, 0.4) is 0 Å². The summed E-state index contributed by atoms with van der Waals surface area (Å²) >= 11 is 5.53. The van der Waals surface area contributed by atoms with Crippen molar-refractivity contribution in [1.29, 1.82) is 0 Å². The number of carbonyl (C=O) groups is 1. The Hall–Kier alpha value is -1.29. The summed E-state index contributed by atoms with van der Waals surface area (Å²) in [5, 5.41) is 2.76. The number of nitrogens with one attached hydrogen (secondary N) is 1. The van der Waals surface area contributed by atoms with Gasteiger partial charge in [0.05, 0.1) is 5.02 Å². The number of amides is 1. The maximum atomic E-state index is 13.1. The van der Waals surface area contributed by atoms with E-state index in [4.69, 9.17) is 16.3 Å². The molecule has 1 aromatic rings. The zero-order chi connectivity index (χ0) is 13.5. The highest BCUT2D eigenvalue weighted by Crippen LogP contribution is 2.20.